The zero-order valence-electron chi connectivity index (χ0n) is 8.62. The van der Waals surface area contributed by atoms with Crippen LogP contribution in [0, 0.1) is 5.92 Å². The maximum absolute atomic E-state index is 5.49. The Kier molecular flexibility index (Phi) is 2.86. The second-order valence-electron chi connectivity index (χ2n) is 4.35. The number of hydrogen-bond acceptors (Lipinski definition) is 3. The summed E-state index contributed by atoms with van der Waals surface area (Å²) in [7, 11) is 1.84. The van der Waals surface area contributed by atoms with Gasteiger partial charge in [0.05, 0.1) is 6.10 Å². The SMILES string of the molecule is COC1CN(C2CNC2)CCC1C. The molecule has 2 saturated heterocycles. The zero-order chi connectivity index (χ0) is 9.26. The van der Waals surface area contributed by atoms with Crippen molar-refractivity contribution in [2.75, 3.05) is 33.3 Å². The fourth-order valence-electron chi connectivity index (χ4n) is 2.23. The van der Waals surface area contributed by atoms with Gasteiger partial charge in [-0.3, -0.25) is 4.90 Å². The lowest BCUT2D eigenvalue weighted by atomic mass is 9.94. The topological polar surface area (TPSA) is 24.5 Å². The lowest BCUT2D eigenvalue weighted by Crippen LogP contribution is -2.61. The molecule has 2 aliphatic rings. The molecule has 3 nitrogen and oxygen atoms in total. The summed E-state index contributed by atoms with van der Waals surface area (Å²) in [6, 6.07) is 0.783. The second kappa shape index (κ2) is 3.95. The molecule has 0 aromatic carbocycles. The van der Waals surface area contributed by atoms with Crippen molar-refractivity contribution in [3.63, 3.8) is 0 Å². The molecule has 2 aliphatic heterocycles. The van der Waals surface area contributed by atoms with E-state index in [9.17, 15) is 0 Å². The van der Waals surface area contributed by atoms with Crippen LogP contribution in [0.15, 0.2) is 0 Å². The van der Waals surface area contributed by atoms with E-state index in [2.05, 4.69) is 17.1 Å². The number of piperidine rings is 1. The summed E-state index contributed by atoms with van der Waals surface area (Å²) in [6.07, 6.45) is 1.74. The van der Waals surface area contributed by atoms with Crippen molar-refractivity contribution in [3.8, 4) is 0 Å². The van der Waals surface area contributed by atoms with Crippen LogP contribution in [0.1, 0.15) is 13.3 Å². The maximum Gasteiger partial charge on any atom is 0.0724 e. The van der Waals surface area contributed by atoms with Crippen LogP contribution in [0.5, 0.6) is 0 Å². The molecule has 0 radical (unpaired) electrons. The lowest BCUT2D eigenvalue weighted by Gasteiger charge is -2.44. The van der Waals surface area contributed by atoms with Crippen LogP contribution in [0.25, 0.3) is 0 Å². The fourth-order valence-corrected chi connectivity index (χ4v) is 2.23. The number of rotatable bonds is 2. The molecule has 0 aromatic rings. The summed E-state index contributed by atoms with van der Waals surface area (Å²) in [5.74, 6) is 0.731. The first-order valence-electron chi connectivity index (χ1n) is 5.29. The van der Waals surface area contributed by atoms with Crippen molar-refractivity contribution in [2.24, 2.45) is 5.92 Å². The van der Waals surface area contributed by atoms with Gasteiger partial charge >= 0.3 is 0 Å². The minimum absolute atomic E-state index is 0.453. The normalized spacial score (nSPS) is 37.4. The van der Waals surface area contributed by atoms with E-state index in [1.54, 1.807) is 0 Å². The van der Waals surface area contributed by atoms with Gasteiger partial charge in [0.1, 0.15) is 0 Å². The van der Waals surface area contributed by atoms with E-state index in [0.717, 1.165) is 18.5 Å². The lowest BCUT2D eigenvalue weighted by molar-refractivity contribution is -0.0264. The van der Waals surface area contributed by atoms with Gasteiger partial charge in [0.15, 0.2) is 0 Å². The minimum Gasteiger partial charge on any atom is -0.380 e. The molecule has 0 saturated carbocycles. The summed E-state index contributed by atoms with van der Waals surface area (Å²) in [6.45, 7) is 7.03. The Labute approximate surface area is 80.4 Å². The van der Waals surface area contributed by atoms with Crippen LogP contribution in [0.4, 0.5) is 0 Å². The van der Waals surface area contributed by atoms with E-state index in [4.69, 9.17) is 4.74 Å². The summed E-state index contributed by atoms with van der Waals surface area (Å²) in [4.78, 5) is 2.57. The third-order valence-electron chi connectivity index (χ3n) is 3.50. The molecular weight excluding hydrogens is 164 g/mol. The summed E-state index contributed by atoms with van der Waals surface area (Å²) in [5.41, 5.74) is 0. The molecule has 0 aromatic heterocycles. The molecule has 0 aliphatic carbocycles. The van der Waals surface area contributed by atoms with Gasteiger partial charge in [0, 0.05) is 32.8 Å². The standard InChI is InChI=1S/C10H20N2O/c1-8-3-4-12(7-10(8)13-2)9-5-11-6-9/h8-11H,3-7H2,1-2H3. The Hall–Kier alpha value is -0.120. The Morgan fingerprint density at radius 2 is 2.15 bits per heavy atom. The van der Waals surface area contributed by atoms with E-state index >= 15 is 0 Å². The predicted octanol–water partition coefficient (Wildman–Crippen LogP) is 0.315. The van der Waals surface area contributed by atoms with Crippen LogP contribution in [-0.2, 0) is 4.74 Å². The highest BCUT2D eigenvalue weighted by Crippen LogP contribution is 2.21. The van der Waals surface area contributed by atoms with E-state index in [0.29, 0.717) is 6.10 Å². The van der Waals surface area contributed by atoms with Crippen LogP contribution < -0.4 is 5.32 Å². The number of nitrogens with zero attached hydrogens (tertiary/aromatic N) is 1. The Morgan fingerprint density at radius 3 is 2.69 bits per heavy atom. The second-order valence-corrected chi connectivity index (χ2v) is 4.35. The van der Waals surface area contributed by atoms with E-state index in [1.807, 2.05) is 7.11 Å². The molecule has 2 unspecified atom stereocenters. The van der Waals surface area contributed by atoms with Gasteiger partial charge in [-0.2, -0.15) is 0 Å². The molecule has 2 rings (SSSR count). The molecule has 2 heterocycles. The smallest absolute Gasteiger partial charge is 0.0724 e. The van der Waals surface area contributed by atoms with E-state index < -0.39 is 0 Å². The molecule has 0 bridgehead atoms. The number of hydrogen-bond donors (Lipinski definition) is 1. The average Bonchev–Trinajstić information content (AvgIpc) is 2.05. The molecule has 2 atom stereocenters. The van der Waals surface area contributed by atoms with Crippen molar-refractivity contribution in [2.45, 2.75) is 25.5 Å². The zero-order valence-corrected chi connectivity index (χ0v) is 8.62. The monoisotopic (exact) mass is 184 g/mol. The van der Waals surface area contributed by atoms with Crippen LogP contribution in [-0.4, -0.2) is 50.3 Å². The molecule has 76 valence electrons. The molecular formula is C10H20N2O. The number of nitrogens with one attached hydrogen (secondary N) is 1. The van der Waals surface area contributed by atoms with Crippen molar-refractivity contribution in [1.82, 2.24) is 10.2 Å². The van der Waals surface area contributed by atoms with Gasteiger partial charge in [-0.25, -0.2) is 0 Å². The first-order chi connectivity index (χ1) is 6.31. The van der Waals surface area contributed by atoms with Crippen molar-refractivity contribution in [1.29, 1.82) is 0 Å². The molecule has 0 spiro atoms. The third kappa shape index (κ3) is 1.87. The van der Waals surface area contributed by atoms with Crippen molar-refractivity contribution in [3.05, 3.63) is 0 Å². The Balaban J connectivity index is 1.86. The number of methoxy groups -OCH3 is 1. The summed E-state index contributed by atoms with van der Waals surface area (Å²) in [5, 5.41) is 3.32. The average molecular weight is 184 g/mol. The first-order valence-corrected chi connectivity index (χ1v) is 5.29. The number of likely N-dealkylation sites (tertiary alicyclic amines) is 1. The molecule has 0 amide bonds. The molecule has 13 heavy (non-hydrogen) atoms. The van der Waals surface area contributed by atoms with Crippen LogP contribution in [0.2, 0.25) is 0 Å². The first kappa shape index (κ1) is 9.44. The van der Waals surface area contributed by atoms with Gasteiger partial charge in [0.25, 0.3) is 0 Å². The highest BCUT2D eigenvalue weighted by atomic mass is 16.5. The minimum atomic E-state index is 0.453. The van der Waals surface area contributed by atoms with Gasteiger partial charge in [-0.15, -0.1) is 0 Å². The van der Waals surface area contributed by atoms with Crippen molar-refractivity contribution < 1.29 is 4.74 Å². The van der Waals surface area contributed by atoms with Crippen LogP contribution >= 0.6 is 0 Å². The summed E-state index contributed by atoms with van der Waals surface area (Å²) < 4.78 is 5.49. The predicted molar refractivity (Wildman–Crippen MR) is 52.8 cm³/mol. The Bertz CT molecular complexity index is 170. The number of ether oxygens (including phenoxy) is 1. The highest BCUT2D eigenvalue weighted by molar-refractivity contribution is 4.89. The van der Waals surface area contributed by atoms with Gasteiger partial charge in [-0.05, 0) is 18.9 Å². The van der Waals surface area contributed by atoms with Gasteiger partial charge in [0.2, 0.25) is 0 Å². The van der Waals surface area contributed by atoms with Crippen LogP contribution in [0.3, 0.4) is 0 Å². The van der Waals surface area contributed by atoms with Crippen molar-refractivity contribution >= 4 is 0 Å². The largest absolute Gasteiger partial charge is 0.380 e. The fraction of sp³-hybridized carbons (Fsp3) is 1.00. The maximum atomic E-state index is 5.49. The quantitative estimate of drug-likeness (QED) is 0.668. The molecule has 1 N–H and O–H groups in total. The van der Waals surface area contributed by atoms with Gasteiger partial charge < -0.3 is 10.1 Å². The third-order valence-corrected chi connectivity index (χ3v) is 3.50. The van der Waals surface area contributed by atoms with E-state index in [-0.39, 0.29) is 0 Å². The highest BCUT2D eigenvalue weighted by Gasteiger charge is 2.32. The summed E-state index contributed by atoms with van der Waals surface area (Å²) >= 11 is 0. The van der Waals surface area contributed by atoms with E-state index in [1.165, 1.54) is 26.1 Å². The molecule has 2 fully saturated rings. The Morgan fingerprint density at radius 1 is 1.38 bits per heavy atom. The molecule has 3 heteroatoms. The van der Waals surface area contributed by atoms with Gasteiger partial charge in [-0.1, -0.05) is 6.92 Å².